The molecule has 0 bridgehead atoms. The van der Waals surface area contributed by atoms with E-state index >= 15 is 0 Å². The number of halogens is 1. The molecule has 0 saturated carbocycles. The van der Waals surface area contributed by atoms with Crippen LogP contribution in [0.1, 0.15) is 38.3 Å². The second-order valence-electron chi connectivity index (χ2n) is 9.37. The van der Waals surface area contributed by atoms with E-state index in [0.29, 0.717) is 25.2 Å². The molecule has 4 nitrogen and oxygen atoms in total. The highest BCUT2D eigenvalue weighted by Crippen LogP contribution is 2.40. The first-order valence-electron chi connectivity index (χ1n) is 10.7. The van der Waals surface area contributed by atoms with Gasteiger partial charge >= 0.3 is 5.79 Å². The molecule has 2 aromatic rings. The van der Waals surface area contributed by atoms with Gasteiger partial charge in [0, 0.05) is 18.6 Å². The molecule has 2 aromatic carbocycles. The second-order valence-corrected chi connectivity index (χ2v) is 14.2. The molecule has 0 aliphatic carbocycles. The fraction of sp³-hybridized carbons (Fsp3) is 0.440. The van der Waals surface area contributed by atoms with Gasteiger partial charge in [0.2, 0.25) is 0 Å². The average molecular weight is 445 g/mol. The van der Waals surface area contributed by atoms with Crippen molar-refractivity contribution in [1.29, 1.82) is 0 Å². The molecular weight excluding hydrogens is 411 g/mol. The minimum atomic E-state index is -1.92. The van der Waals surface area contributed by atoms with Crippen molar-refractivity contribution in [3.63, 3.8) is 0 Å². The summed E-state index contributed by atoms with van der Waals surface area (Å²) < 4.78 is 38.7. The Morgan fingerprint density at radius 3 is 2.29 bits per heavy atom. The van der Waals surface area contributed by atoms with Crippen LogP contribution in [0.5, 0.6) is 0 Å². The maximum Gasteiger partial charge on any atom is 0.303 e. The van der Waals surface area contributed by atoms with Gasteiger partial charge in [-0.3, -0.25) is 0 Å². The maximum absolute atomic E-state index is 14.1. The van der Waals surface area contributed by atoms with Crippen LogP contribution >= 0.6 is 0 Å². The van der Waals surface area contributed by atoms with Crippen molar-refractivity contribution in [3.8, 4) is 0 Å². The lowest BCUT2D eigenvalue weighted by Crippen LogP contribution is -2.45. The van der Waals surface area contributed by atoms with Crippen molar-refractivity contribution in [2.24, 2.45) is 0 Å². The predicted molar refractivity (Wildman–Crippen MR) is 122 cm³/mol. The van der Waals surface area contributed by atoms with Gasteiger partial charge in [0.05, 0.1) is 6.61 Å². The van der Waals surface area contributed by atoms with Gasteiger partial charge in [0.25, 0.3) is 0 Å². The molecule has 1 aliphatic rings. The van der Waals surface area contributed by atoms with E-state index in [4.69, 9.17) is 18.6 Å². The van der Waals surface area contributed by atoms with Crippen LogP contribution in [-0.2, 0) is 31.0 Å². The summed E-state index contributed by atoms with van der Waals surface area (Å²) >= 11 is 0. The highest BCUT2D eigenvalue weighted by Gasteiger charge is 2.48. The summed E-state index contributed by atoms with van der Waals surface area (Å²) in [6.45, 7) is 12.0. The van der Waals surface area contributed by atoms with E-state index in [0.717, 1.165) is 5.56 Å². The van der Waals surface area contributed by atoms with Gasteiger partial charge in [0.15, 0.2) is 8.32 Å². The Balaban J connectivity index is 1.83. The highest BCUT2D eigenvalue weighted by atomic mass is 28.4. The van der Waals surface area contributed by atoms with Crippen LogP contribution in [0.2, 0.25) is 18.1 Å². The van der Waals surface area contributed by atoms with Crippen LogP contribution in [0, 0.1) is 5.82 Å². The molecule has 0 spiro atoms. The molecular formula is C25H33FO4Si. The first-order valence-corrected chi connectivity index (χ1v) is 13.6. The van der Waals surface area contributed by atoms with Crippen LogP contribution in [-0.4, -0.2) is 21.0 Å². The molecule has 0 aromatic heterocycles. The summed E-state index contributed by atoms with van der Waals surface area (Å²) in [5.41, 5.74) is 1.61. The van der Waals surface area contributed by atoms with Gasteiger partial charge in [-0.1, -0.05) is 63.2 Å². The molecule has 0 amide bonds. The van der Waals surface area contributed by atoms with Gasteiger partial charge in [-0.05, 0) is 35.8 Å². The van der Waals surface area contributed by atoms with Crippen LogP contribution in [0.15, 0.2) is 67.1 Å². The molecule has 0 saturated heterocycles. The lowest BCUT2D eigenvalue weighted by atomic mass is 9.97. The van der Waals surface area contributed by atoms with Gasteiger partial charge in [-0.2, -0.15) is 0 Å². The largest absolute Gasteiger partial charge is 0.451 e. The van der Waals surface area contributed by atoms with Gasteiger partial charge < -0.3 is 18.6 Å². The molecule has 3 rings (SSSR count). The molecule has 1 heterocycles. The molecule has 0 radical (unpaired) electrons. The Labute approximate surface area is 186 Å². The lowest BCUT2D eigenvalue weighted by Gasteiger charge is -2.38. The normalized spacial score (nSPS) is 16.6. The minimum Gasteiger partial charge on any atom is -0.451 e. The summed E-state index contributed by atoms with van der Waals surface area (Å²) in [4.78, 5) is 0. The third kappa shape index (κ3) is 5.56. The first-order chi connectivity index (χ1) is 14.6. The molecule has 1 aliphatic heterocycles. The monoisotopic (exact) mass is 444 g/mol. The second kappa shape index (κ2) is 9.55. The average Bonchev–Trinajstić information content (AvgIpc) is 3.21. The SMILES string of the molecule is CC(C)(C)[Si](C)(C)OCCC(OCc1ccccc1)C1(c2cccc(F)c2)OC=CO1. The third-order valence-corrected chi connectivity index (χ3v) is 10.7. The molecule has 0 N–H and O–H groups in total. The van der Waals surface area contributed by atoms with E-state index in [1.54, 1.807) is 12.1 Å². The van der Waals surface area contributed by atoms with E-state index in [2.05, 4.69) is 33.9 Å². The summed E-state index contributed by atoms with van der Waals surface area (Å²) in [5, 5.41) is 0.107. The number of benzene rings is 2. The number of rotatable bonds is 9. The summed E-state index contributed by atoms with van der Waals surface area (Å²) in [7, 11) is -1.92. The van der Waals surface area contributed by atoms with Gasteiger partial charge in [-0.15, -0.1) is 0 Å². The van der Waals surface area contributed by atoms with Gasteiger partial charge in [0.1, 0.15) is 24.4 Å². The van der Waals surface area contributed by atoms with E-state index in [1.807, 2.05) is 30.3 Å². The highest BCUT2D eigenvalue weighted by molar-refractivity contribution is 6.74. The zero-order valence-corrected chi connectivity index (χ0v) is 20.1. The Bertz CT molecular complexity index is 869. The van der Waals surface area contributed by atoms with E-state index in [-0.39, 0.29) is 10.9 Å². The summed E-state index contributed by atoms with van der Waals surface area (Å²) in [6, 6.07) is 16.2. The first kappa shape index (κ1) is 23.5. The standard InChI is InChI=1S/C25H33FO4Si/c1-24(2,3)31(4,5)30-15-14-23(27-19-20-10-7-6-8-11-20)25(28-16-17-29-25)21-12-9-13-22(26)18-21/h6-13,16-18,23H,14-15,19H2,1-5H3. The number of ether oxygens (including phenoxy) is 3. The van der Waals surface area contributed by atoms with E-state index in [9.17, 15) is 4.39 Å². The van der Waals surface area contributed by atoms with E-state index < -0.39 is 20.2 Å². The number of hydrogen-bond acceptors (Lipinski definition) is 4. The number of hydrogen-bond donors (Lipinski definition) is 0. The maximum atomic E-state index is 14.1. The van der Waals surface area contributed by atoms with Crippen LogP contribution in [0.25, 0.3) is 0 Å². The summed E-state index contributed by atoms with van der Waals surface area (Å²) in [5.74, 6) is -1.61. The van der Waals surface area contributed by atoms with Crippen LogP contribution in [0.3, 0.4) is 0 Å². The topological polar surface area (TPSA) is 36.9 Å². The third-order valence-electron chi connectivity index (χ3n) is 6.14. The van der Waals surface area contributed by atoms with Crippen molar-refractivity contribution in [2.75, 3.05) is 6.61 Å². The minimum absolute atomic E-state index is 0.107. The van der Waals surface area contributed by atoms with Crippen LogP contribution in [0.4, 0.5) is 4.39 Å². The Morgan fingerprint density at radius 2 is 1.68 bits per heavy atom. The zero-order chi connectivity index (χ0) is 22.5. The Hall–Kier alpha value is -2.15. The summed E-state index contributed by atoms with van der Waals surface area (Å²) in [6.07, 6.45) is 3.00. The quantitative estimate of drug-likeness (QED) is 0.414. The molecule has 1 atom stereocenters. The van der Waals surface area contributed by atoms with Crippen molar-refractivity contribution >= 4 is 8.32 Å². The van der Waals surface area contributed by atoms with Crippen LogP contribution < -0.4 is 0 Å². The molecule has 0 fully saturated rings. The molecule has 168 valence electrons. The predicted octanol–water partition coefficient (Wildman–Crippen LogP) is 6.49. The Morgan fingerprint density at radius 1 is 1.00 bits per heavy atom. The Kier molecular flexibility index (Phi) is 7.24. The van der Waals surface area contributed by atoms with Gasteiger partial charge in [-0.25, -0.2) is 4.39 Å². The lowest BCUT2D eigenvalue weighted by molar-refractivity contribution is -0.238. The smallest absolute Gasteiger partial charge is 0.303 e. The van der Waals surface area contributed by atoms with Crippen molar-refractivity contribution in [2.45, 2.75) is 63.8 Å². The van der Waals surface area contributed by atoms with E-state index in [1.165, 1.54) is 24.7 Å². The van der Waals surface area contributed by atoms with Crippen molar-refractivity contribution in [3.05, 3.63) is 84.1 Å². The van der Waals surface area contributed by atoms with Crippen molar-refractivity contribution < 1.29 is 23.0 Å². The molecule has 31 heavy (non-hydrogen) atoms. The molecule has 1 unspecified atom stereocenters. The van der Waals surface area contributed by atoms with Crippen molar-refractivity contribution in [1.82, 2.24) is 0 Å². The zero-order valence-electron chi connectivity index (χ0n) is 19.1. The molecule has 6 heteroatoms. The fourth-order valence-corrected chi connectivity index (χ4v) is 4.32. The fourth-order valence-electron chi connectivity index (χ4n) is 3.26.